The van der Waals surface area contributed by atoms with Crippen molar-refractivity contribution in [1.29, 1.82) is 0 Å². The highest BCUT2D eigenvalue weighted by Crippen LogP contribution is 2.57. The second-order valence-corrected chi connectivity index (χ2v) is 43.5. The quantitative estimate of drug-likeness (QED) is 0.145. The van der Waals surface area contributed by atoms with Gasteiger partial charge in [0.15, 0.2) is 11.2 Å². The van der Waals surface area contributed by atoms with E-state index in [1.807, 2.05) is 74.1 Å². The van der Waals surface area contributed by atoms with Gasteiger partial charge in [-0.25, -0.2) is 0 Å². The lowest BCUT2D eigenvalue weighted by Crippen LogP contribution is -1.93. The van der Waals surface area contributed by atoms with Crippen molar-refractivity contribution in [2.75, 3.05) is 0 Å². The number of nitrogens with zero attached hydrogens (tertiary/aromatic N) is 3. The summed E-state index contributed by atoms with van der Waals surface area (Å²) in [4.78, 5) is 0. The van der Waals surface area contributed by atoms with E-state index in [0.29, 0.717) is 0 Å². The molecule has 672 valence electrons. The van der Waals surface area contributed by atoms with E-state index in [1.54, 1.807) is 0 Å². The van der Waals surface area contributed by atoms with Crippen LogP contribution in [0.15, 0.2) is 468 Å². The smallest absolute Gasteiger partial charge is 0.161 e. The lowest BCUT2D eigenvalue weighted by molar-refractivity contribution is 0.666. The Morgan fingerprint density at radius 1 is 0.139 bits per heavy atom. The van der Waals surface area contributed by atoms with Gasteiger partial charge in [-0.05, 0) is 138 Å². The number of rotatable bonds is 9. The Balaban J connectivity index is 0.0000000986. The van der Waals surface area contributed by atoms with Gasteiger partial charge in [0.05, 0.1) is 26.8 Å². The first kappa shape index (κ1) is 81.8. The molecule has 0 saturated carbocycles. The Morgan fingerprint density at radius 2 is 0.417 bits per heavy atom. The van der Waals surface area contributed by atoms with Crippen molar-refractivity contribution in [1.82, 2.24) is 13.7 Å². The molecule has 0 bridgehead atoms. The Bertz CT molecular complexity index is 10200. The van der Waals surface area contributed by atoms with Crippen molar-refractivity contribution < 1.29 is 13.3 Å². The first-order valence-electron chi connectivity index (χ1n) is 48.6. The summed E-state index contributed by atoms with van der Waals surface area (Å²) < 4.78 is 43.7. The second-order valence-electron chi connectivity index (χ2n) is 37.2. The fourth-order valence-electron chi connectivity index (χ4n) is 23.3. The Morgan fingerprint density at radius 3 is 0.868 bits per heavy atom. The highest BCUT2D eigenvalue weighted by molar-refractivity contribution is 7.29. The predicted octanol–water partition coefficient (Wildman–Crippen LogP) is 40.8. The van der Waals surface area contributed by atoms with Gasteiger partial charge in [-0.2, -0.15) is 0 Å². The Kier molecular flexibility index (Phi) is 18.3. The van der Waals surface area contributed by atoms with Crippen LogP contribution in [-0.2, 0) is 0 Å². The van der Waals surface area contributed by atoms with Crippen LogP contribution in [-0.4, -0.2) is 13.7 Å². The van der Waals surface area contributed by atoms with Crippen molar-refractivity contribution in [3.8, 4) is 83.8 Å². The maximum Gasteiger partial charge on any atom is 0.161 e. The highest BCUT2D eigenvalue weighted by atomic mass is 32.1. The molecular weight excluding hydrogens is 1870 g/mol. The van der Waals surface area contributed by atoms with Crippen molar-refractivity contribution in [3.63, 3.8) is 0 Å². The standard InChI is InChI=1S/C44H25NO2S.C44H25NOS2.C44H25NS3/c1-2-12-26(13-3-1)45-36-21-7-4-15-33(36)43-40(45)35-20-10-17-29(41(35)47-43)30-25-24-28(39-34-16-5-8-22-37(34)46-42(30)39)32-19-11-18-31-27-14-6-9-23-38(27)48-44(31)32;1-2-12-26(13-3-1)45-36-21-7-4-15-33(36)42-40(45)35-20-10-17-29(41(35)46-42)32-25-24-28(39-34-16-6-9-23-38(34)48-44(32)39)31-19-11-18-30-27-14-5-8-22-37(27)47-43(30)31;1-2-12-26(13-3-1)45-36-21-7-4-15-33(36)44-40(45)35-20-11-19-31(42(35)48-44)32-25-24-28(39-34-16-6-9-23-38(34)47-43(32)39)30-18-10-17-29-27-14-5-8-22-37(27)46-41(29)30/h3*1-25H. The fraction of sp³-hybridized carbons (Fsp3) is 0. The zero-order chi connectivity index (χ0) is 94.0. The lowest BCUT2D eigenvalue weighted by Gasteiger charge is -2.12. The van der Waals surface area contributed by atoms with Crippen LogP contribution in [0.25, 0.3) is 304 Å². The van der Waals surface area contributed by atoms with Gasteiger partial charge in [-0.15, -0.1) is 68.0 Å². The molecule has 0 aliphatic carbocycles. The van der Waals surface area contributed by atoms with E-state index >= 15 is 0 Å². The third-order valence-electron chi connectivity index (χ3n) is 29.5. The maximum absolute atomic E-state index is 6.97. The summed E-state index contributed by atoms with van der Waals surface area (Å²) in [5.74, 6) is 0. The van der Waals surface area contributed by atoms with E-state index in [0.717, 1.165) is 116 Å². The predicted molar refractivity (Wildman–Crippen MR) is 622 cm³/mol. The number of aromatic nitrogens is 3. The highest BCUT2D eigenvalue weighted by Gasteiger charge is 2.31. The molecular formula is C132H75N3O3S6. The van der Waals surface area contributed by atoms with Gasteiger partial charge in [0.1, 0.15) is 33.4 Å². The molecule has 0 radical (unpaired) electrons. The molecule has 0 atom stereocenters. The molecule has 33 aromatic rings. The zero-order valence-corrected chi connectivity index (χ0v) is 81.7. The molecule has 21 aromatic carbocycles. The van der Waals surface area contributed by atoms with E-state index in [1.165, 1.54) is 188 Å². The summed E-state index contributed by atoms with van der Waals surface area (Å²) in [7, 11) is 0. The summed E-state index contributed by atoms with van der Waals surface area (Å²) in [6.45, 7) is 0. The zero-order valence-electron chi connectivity index (χ0n) is 76.8. The van der Waals surface area contributed by atoms with Crippen LogP contribution in [0.4, 0.5) is 0 Å². The van der Waals surface area contributed by atoms with Crippen molar-refractivity contribution in [2.45, 2.75) is 0 Å². The first-order chi connectivity index (χ1) is 71.5. The maximum atomic E-state index is 6.97. The van der Waals surface area contributed by atoms with Gasteiger partial charge < -0.3 is 27.0 Å². The molecule has 12 heterocycles. The third kappa shape index (κ3) is 12.2. The number of para-hydroxylation sites is 9. The van der Waals surface area contributed by atoms with Gasteiger partial charge in [-0.3, -0.25) is 0 Å². The van der Waals surface area contributed by atoms with E-state index in [9.17, 15) is 0 Å². The summed E-state index contributed by atoms with van der Waals surface area (Å²) in [6, 6.07) is 165. The molecule has 12 aromatic heterocycles. The molecule has 33 rings (SSSR count). The van der Waals surface area contributed by atoms with Crippen LogP contribution in [0, 0.1) is 0 Å². The molecule has 0 aliphatic heterocycles. The number of furan rings is 3. The molecule has 0 N–H and O–H groups in total. The van der Waals surface area contributed by atoms with Crippen LogP contribution < -0.4 is 0 Å². The molecule has 12 heteroatoms. The average molecular weight is 1940 g/mol. The van der Waals surface area contributed by atoms with Gasteiger partial charge in [-0.1, -0.05) is 334 Å². The van der Waals surface area contributed by atoms with Crippen LogP contribution in [0.5, 0.6) is 0 Å². The van der Waals surface area contributed by atoms with E-state index < -0.39 is 0 Å². The molecule has 0 unspecified atom stereocenters. The Labute approximate surface area is 846 Å². The first-order valence-corrected chi connectivity index (χ1v) is 53.5. The van der Waals surface area contributed by atoms with Crippen LogP contribution in [0.3, 0.4) is 0 Å². The molecule has 0 spiro atoms. The number of thiophene rings is 6. The topological polar surface area (TPSA) is 54.2 Å². The molecule has 144 heavy (non-hydrogen) atoms. The van der Waals surface area contributed by atoms with Crippen molar-refractivity contribution >= 4 is 288 Å². The summed E-state index contributed by atoms with van der Waals surface area (Å²) in [5, 5.41) is 22.5. The van der Waals surface area contributed by atoms with Crippen LogP contribution in [0.2, 0.25) is 0 Å². The van der Waals surface area contributed by atoms with E-state index in [4.69, 9.17) is 13.3 Å². The largest absolute Gasteiger partial charge is 0.455 e. The van der Waals surface area contributed by atoms with Crippen LogP contribution >= 0.6 is 68.0 Å². The van der Waals surface area contributed by atoms with Crippen LogP contribution in [0.1, 0.15) is 0 Å². The van der Waals surface area contributed by atoms with Gasteiger partial charge in [0.2, 0.25) is 0 Å². The monoisotopic (exact) mass is 1940 g/mol. The average Bonchev–Trinajstić information content (AvgIpc) is 1.55. The molecule has 0 saturated heterocycles. The number of fused-ring (bicyclic) bond motifs is 33. The lowest BCUT2D eigenvalue weighted by atomic mass is 9.93. The fourth-order valence-corrected chi connectivity index (χ4v) is 30.9. The normalized spacial score (nSPS) is 12.2. The number of benzene rings is 21. The number of hydrogen-bond acceptors (Lipinski definition) is 9. The molecule has 0 aliphatic rings. The SMILES string of the molecule is c1ccc(-n2c3ccccc3c3oc4c(-c5ccc(-c6cccc7c6sc6ccccc67)c6c5oc5ccccc56)cccc4c32)cc1.c1ccc(-n2c3ccccc3c3oc4c(-c5ccc(-c6cccc7c6sc6ccccc67)c6c5sc5ccccc56)cccc4c32)cc1.c1ccc(-n2c3ccccc3c3sc4c(-c5ccc(-c6cccc7c6sc6ccccc67)c6c5sc5ccccc56)cccc4c32)cc1. The Hall–Kier alpha value is -17.0. The summed E-state index contributed by atoms with van der Waals surface area (Å²) >= 11 is 11.4. The molecule has 6 nitrogen and oxygen atoms in total. The summed E-state index contributed by atoms with van der Waals surface area (Å²) in [5.41, 5.74) is 30.4. The molecule has 0 fully saturated rings. The van der Waals surface area contributed by atoms with Gasteiger partial charge in [0.25, 0.3) is 0 Å². The summed E-state index contributed by atoms with van der Waals surface area (Å²) in [6.07, 6.45) is 0. The van der Waals surface area contributed by atoms with Crippen molar-refractivity contribution in [2.24, 2.45) is 0 Å². The molecule has 0 amide bonds. The van der Waals surface area contributed by atoms with Gasteiger partial charge in [0, 0.05) is 216 Å². The van der Waals surface area contributed by atoms with Crippen molar-refractivity contribution in [3.05, 3.63) is 455 Å². The minimum absolute atomic E-state index is 0.860. The second kappa shape index (κ2) is 32.2. The number of hydrogen-bond donors (Lipinski definition) is 0. The van der Waals surface area contributed by atoms with Gasteiger partial charge >= 0.3 is 0 Å². The minimum Gasteiger partial charge on any atom is -0.455 e. The minimum atomic E-state index is 0.860. The third-order valence-corrected chi connectivity index (χ3v) is 36.8. The van der Waals surface area contributed by atoms with E-state index in [2.05, 4.69) is 463 Å². The van der Waals surface area contributed by atoms with E-state index in [-0.39, 0.29) is 0 Å².